The summed E-state index contributed by atoms with van der Waals surface area (Å²) >= 11 is 1.19. The van der Waals surface area contributed by atoms with Gasteiger partial charge in [-0.1, -0.05) is 6.07 Å². The van der Waals surface area contributed by atoms with Gasteiger partial charge in [-0.05, 0) is 11.4 Å². The lowest BCUT2D eigenvalue weighted by molar-refractivity contribution is 0.0665. The number of thiophene rings is 1. The molecule has 0 unspecified atom stereocenters. The summed E-state index contributed by atoms with van der Waals surface area (Å²) in [5.41, 5.74) is -0.184. The standard InChI is InChI=1S/C12H7N3O6S/c16-10(7-2-1-3-22-7)13-9-8-5(15(14-9)12(19)20)4-6(21-8)11(17)18/h1-4H,(H,17,18)(H,19,20)(H,13,14,16). The smallest absolute Gasteiger partial charge is 0.432 e. The van der Waals surface area contributed by atoms with E-state index in [0.717, 1.165) is 6.07 Å². The molecule has 0 saturated carbocycles. The fourth-order valence-corrected chi connectivity index (χ4v) is 2.44. The molecule has 0 spiro atoms. The van der Waals surface area contributed by atoms with Crippen LogP contribution in [-0.2, 0) is 0 Å². The van der Waals surface area contributed by atoms with Gasteiger partial charge in [-0.2, -0.15) is 4.68 Å². The van der Waals surface area contributed by atoms with Crippen LogP contribution in [0.3, 0.4) is 0 Å². The molecule has 9 nitrogen and oxygen atoms in total. The van der Waals surface area contributed by atoms with Crippen LogP contribution in [0.1, 0.15) is 20.2 Å². The van der Waals surface area contributed by atoms with Gasteiger partial charge in [-0.25, -0.2) is 9.59 Å². The van der Waals surface area contributed by atoms with E-state index in [1.54, 1.807) is 17.5 Å². The number of nitrogens with one attached hydrogen (secondary N) is 1. The maximum Gasteiger partial charge on any atom is 0.432 e. The van der Waals surface area contributed by atoms with Gasteiger partial charge in [0.25, 0.3) is 5.91 Å². The fraction of sp³-hybridized carbons (Fsp3) is 0. The first kappa shape index (κ1) is 13.8. The van der Waals surface area contributed by atoms with Crippen molar-refractivity contribution < 1.29 is 29.0 Å². The Balaban J connectivity index is 2.07. The lowest BCUT2D eigenvalue weighted by Gasteiger charge is -1.98. The Hall–Kier alpha value is -3.14. The van der Waals surface area contributed by atoms with E-state index in [2.05, 4.69) is 10.4 Å². The first-order valence-electron chi connectivity index (χ1n) is 5.81. The number of rotatable bonds is 3. The zero-order valence-corrected chi connectivity index (χ0v) is 11.5. The van der Waals surface area contributed by atoms with Gasteiger partial charge in [0.15, 0.2) is 11.4 Å². The number of aromatic nitrogens is 2. The number of hydrogen-bond donors (Lipinski definition) is 3. The molecule has 0 radical (unpaired) electrons. The number of carbonyl (C=O) groups excluding carboxylic acids is 1. The molecule has 0 aliphatic heterocycles. The van der Waals surface area contributed by atoms with Gasteiger partial charge >= 0.3 is 12.1 Å². The molecular formula is C12H7N3O6S. The van der Waals surface area contributed by atoms with Gasteiger partial charge in [0.05, 0.1) is 4.88 Å². The van der Waals surface area contributed by atoms with Crippen molar-refractivity contribution in [3.8, 4) is 0 Å². The largest absolute Gasteiger partial charge is 0.475 e. The predicted molar refractivity (Wildman–Crippen MR) is 74.7 cm³/mol. The summed E-state index contributed by atoms with van der Waals surface area (Å²) in [4.78, 5) is 34.4. The number of fused-ring (bicyclic) bond motifs is 1. The molecule has 3 rings (SSSR count). The molecule has 0 bridgehead atoms. The van der Waals surface area contributed by atoms with Gasteiger partial charge in [0.2, 0.25) is 5.76 Å². The van der Waals surface area contributed by atoms with E-state index in [0.29, 0.717) is 9.56 Å². The van der Waals surface area contributed by atoms with E-state index >= 15 is 0 Å². The highest BCUT2D eigenvalue weighted by Crippen LogP contribution is 2.27. The summed E-state index contributed by atoms with van der Waals surface area (Å²) in [7, 11) is 0. The molecule has 22 heavy (non-hydrogen) atoms. The molecule has 3 heterocycles. The Morgan fingerprint density at radius 3 is 2.68 bits per heavy atom. The predicted octanol–water partition coefficient (Wildman–Crippen LogP) is 2.17. The summed E-state index contributed by atoms with van der Waals surface area (Å²) in [6.45, 7) is 0. The molecule has 0 saturated heterocycles. The number of hydrogen-bond acceptors (Lipinski definition) is 6. The maximum absolute atomic E-state index is 12.0. The van der Waals surface area contributed by atoms with E-state index in [1.165, 1.54) is 11.3 Å². The third-order valence-corrected chi connectivity index (χ3v) is 3.59. The van der Waals surface area contributed by atoms with E-state index in [1.807, 2.05) is 0 Å². The summed E-state index contributed by atoms with van der Waals surface area (Å²) in [6, 6.07) is 4.29. The Labute approximate surface area is 125 Å². The Kier molecular flexibility index (Phi) is 3.14. The second-order valence-electron chi connectivity index (χ2n) is 4.10. The molecule has 0 atom stereocenters. The Morgan fingerprint density at radius 2 is 2.09 bits per heavy atom. The number of carbonyl (C=O) groups is 3. The summed E-state index contributed by atoms with van der Waals surface area (Å²) in [5, 5.41) is 25.8. The van der Waals surface area contributed by atoms with Crippen LogP contribution in [0.2, 0.25) is 0 Å². The van der Waals surface area contributed by atoms with E-state index < -0.39 is 23.7 Å². The molecule has 10 heteroatoms. The first-order chi connectivity index (χ1) is 10.5. The quantitative estimate of drug-likeness (QED) is 0.672. The van der Waals surface area contributed by atoms with Crippen LogP contribution in [0.15, 0.2) is 28.0 Å². The Morgan fingerprint density at radius 1 is 1.32 bits per heavy atom. The molecule has 3 aromatic rings. The van der Waals surface area contributed by atoms with Crippen molar-refractivity contribution in [3.63, 3.8) is 0 Å². The molecule has 3 N–H and O–H groups in total. The van der Waals surface area contributed by atoms with Crippen molar-refractivity contribution in [1.29, 1.82) is 0 Å². The molecular weight excluding hydrogens is 314 g/mol. The van der Waals surface area contributed by atoms with Crippen LogP contribution in [0.4, 0.5) is 10.6 Å². The number of carboxylic acid groups (broad SMARTS) is 2. The van der Waals surface area contributed by atoms with Crippen molar-refractivity contribution >= 4 is 46.2 Å². The van der Waals surface area contributed by atoms with Crippen LogP contribution in [-0.4, -0.2) is 38.0 Å². The van der Waals surface area contributed by atoms with Crippen molar-refractivity contribution in [3.05, 3.63) is 34.2 Å². The van der Waals surface area contributed by atoms with Gasteiger partial charge in [0, 0.05) is 6.07 Å². The monoisotopic (exact) mass is 321 g/mol. The van der Waals surface area contributed by atoms with Crippen LogP contribution >= 0.6 is 11.3 Å². The second kappa shape index (κ2) is 5.00. The lowest BCUT2D eigenvalue weighted by atomic mass is 10.4. The minimum Gasteiger partial charge on any atom is -0.475 e. The Bertz CT molecular complexity index is 892. The van der Waals surface area contributed by atoms with Crippen LogP contribution < -0.4 is 5.32 Å². The lowest BCUT2D eigenvalue weighted by Crippen LogP contribution is -2.13. The third-order valence-electron chi connectivity index (χ3n) is 2.72. The zero-order chi connectivity index (χ0) is 15.9. The molecule has 3 aromatic heterocycles. The highest BCUT2D eigenvalue weighted by Gasteiger charge is 2.23. The highest BCUT2D eigenvalue weighted by molar-refractivity contribution is 7.12. The number of aromatic carboxylic acids is 1. The average Bonchev–Trinajstić information content (AvgIpc) is 3.15. The summed E-state index contributed by atoms with van der Waals surface area (Å²) < 4.78 is 5.59. The SMILES string of the molecule is O=C(O)c1cc2c(o1)c(NC(=O)c1cccs1)nn2C(=O)O. The van der Waals surface area contributed by atoms with Crippen molar-refractivity contribution in [1.82, 2.24) is 9.78 Å². The minimum absolute atomic E-state index is 0.0635. The number of anilines is 1. The second-order valence-corrected chi connectivity index (χ2v) is 5.05. The van der Waals surface area contributed by atoms with E-state index in [4.69, 9.17) is 14.6 Å². The number of furan rings is 1. The average molecular weight is 321 g/mol. The van der Waals surface area contributed by atoms with Crippen molar-refractivity contribution in [2.75, 3.05) is 5.32 Å². The van der Waals surface area contributed by atoms with E-state index in [9.17, 15) is 14.4 Å². The third kappa shape index (κ3) is 2.20. The topological polar surface area (TPSA) is 135 Å². The summed E-state index contributed by atoms with van der Waals surface area (Å²) in [5.74, 6) is -2.47. The van der Waals surface area contributed by atoms with Gasteiger partial charge < -0.3 is 19.9 Å². The highest BCUT2D eigenvalue weighted by atomic mass is 32.1. The van der Waals surface area contributed by atoms with Gasteiger partial charge in [-0.3, -0.25) is 4.79 Å². The molecule has 1 amide bonds. The number of amides is 1. The normalized spacial score (nSPS) is 10.7. The van der Waals surface area contributed by atoms with Gasteiger partial charge in [-0.15, -0.1) is 16.4 Å². The van der Waals surface area contributed by atoms with Crippen molar-refractivity contribution in [2.45, 2.75) is 0 Å². The first-order valence-corrected chi connectivity index (χ1v) is 6.69. The number of nitrogens with zero attached hydrogens (tertiary/aromatic N) is 2. The molecule has 0 aromatic carbocycles. The summed E-state index contributed by atoms with van der Waals surface area (Å²) in [6.07, 6.45) is -1.43. The molecule has 0 aliphatic carbocycles. The van der Waals surface area contributed by atoms with Crippen LogP contribution in [0, 0.1) is 0 Å². The van der Waals surface area contributed by atoms with Crippen LogP contribution in [0.25, 0.3) is 11.1 Å². The fourth-order valence-electron chi connectivity index (χ4n) is 1.82. The van der Waals surface area contributed by atoms with E-state index in [-0.39, 0.29) is 16.9 Å². The zero-order valence-electron chi connectivity index (χ0n) is 10.6. The minimum atomic E-state index is -1.43. The number of carboxylic acids is 1. The maximum atomic E-state index is 12.0. The molecule has 112 valence electrons. The van der Waals surface area contributed by atoms with Crippen molar-refractivity contribution in [2.24, 2.45) is 0 Å². The van der Waals surface area contributed by atoms with Crippen LogP contribution in [0.5, 0.6) is 0 Å². The van der Waals surface area contributed by atoms with Gasteiger partial charge in [0.1, 0.15) is 5.52 Å². The molecule has 0 fully saturated rings. The molecule has 0 aliphatic rings.